The van der Waals surface area contributed by atoms with E-state index < -0.39 is 0 Å². The van der Waals surface area contributed by atoms with Crippen LogP contribution in [-0.4, -0.2) is 20.3 Å². The minimum absolute atomic E-state index is 0.281. The van der Waals surface area contributed by atoms with Crippen LogP contribution in [0.5, 0.6) is 5.75 Å². The zero-order chi connectivity index (χ0) is 11.1. The first-order chi connectivity index (χ1) is 7.27. The van der Waals surface area contributed by atoms with Crippen molar-refractivity contribution in [1.29, 1.82) is 0 Å². The minimum Gasteiger partial charge on any atom is -0.495 e. The largest absolute Gasteiger partial charge is 0.495 e. The van der Waals surface area contributed by atoms with Crippen LogP contribution < -0.4 is 10.1 Å². The van der Waals surface area contributed by atoms with Crippen molar-refractivity contribution in [2.45, 2.75) is 13.0 Å². The van der Waals surface area contributed by atoms with Crippen LogP contribution in [0.4, 0.5) is 4.39 Å². The van der Waals surface area contributed by atoms with Gasteiger partial charge in [0.05, 0.1) is 18.8 Å². The molecule has 0 aliphatic heterocycles. The summed E-state index contributed by atoms with van der Waals surface area (Å²) in [5.74, 6) is 0.671. The lowest BCUT2D eigenvalue weighted by Gasteiger charge is -2.06. The number of hydrogen-bond donors (Lipinski definition) is 1. The van der Waals surface area contributed by atoms with Gasteiger partial charge in [-0.3, -0.25) is 4.39 Å². The van der Waals surface area contributed by atoms with Gasteiger partial charge in [-0.1, -0.05) is 17.7 Å². The lowest BCUT2D eigenvalue weighted by Crippen LogP contribution is -2.15. The van der Waals surface area contributed by atoms with Crippen molar-refractivity contribution in [2.75, 3.05) is 20.3 Å². The fourth-order valence-corrected chi connectivity index (χ4v) is 1.52. The van der Waals surface area contributed by atoms with Crippen LogP contribution >= 0.6 is 11.6 Å². The summed E-state index contributed by atoms with van der Waals surface area (Å²) in [5.41, 5.74) is 1.07. The Hall–Kier alpha value is -0.800. The Kier molecular flexibility index (Phi) is 5.43. The monoisotopic (exact) mass is 231 g/mol. The first kappa shape index (κ1) is 12.3. The Morgan fingerprint density at radius 2 is 2.27 bits per heavy atom. The number of nitrogens with one attached hydrogen (secondary N) is 1. The van der Waals surface area contributed by atoms with Crippen LogP contribution in [0.25, 0.3) is 0 Å². The lowest BCUT2D eigenvalue weighted by molar-refractivity contribution is 0.415. The molecule has 84 valence electrons. The number of hydrogen-bond acceptors (Lipinski definition) is 2. The van der Waals surface area contributed by atoms with Crippen molar-refractivity contribution >= 4 is 11.6 Å². The van der Waals surface area contributed by atoms with Crippen molar-refractivity contribution in [1.82, 2.24) is 5.32 Å². The molecule has 0 aromatic heterocycles. The summed E-state index contributed by atoms with van der Waals surface area (Å²) in [5, 5.41) is 3.73. The molecule has 0 radical (unpaired) electrons. The number of ether oxygens (including phenoxy) is 1. The topological polar surface area (TPSA) is 21.3 Å². The highest BCUT2D eigenvalue weighted by molar-refractivity contribution is 6.32. The molecular weight excluding hydrogens is 217 g/mol. The fourth-order valence-electron chi connectivity index (χ4n) is 1.24. The number of alkyl halides is 1. The number of rotatable bonds is 6. The second kappa shape index (κ2) is 6.64. The van der Waals surface area contributed by atoms with Gasteiger partial charge in [-0.2, -0.15) is 0 Å². The van der Waals surface area contributed by atoms with E-state index in [0.29, 0.717) is 30.3 Å². The van der Waals surface area contributed by atoms with Gasteiger partial charge in [0, 0.05) is 6.54 Å². The van der Waals surface area contributed by atoms with Crippen LogP contribution in [0.3, 0.4) is 0 Å². The summed E-state index contributed by atoms with van der Waals surface area (Å²) in [6.07, 6.45) is 0.546. The molecule has 0 amide bonds. The first-order valence-electron chi connectivity index (χ1n) is 4.87. The zero-order valence-corrected chi connectivity index (χ0v) is 9.48. The van der Waals surface area contributed by atoms with E-state index >= 15 is 0 Å². The van der Waals surface area contributed by atoms with E-state index in [0.717, 1.165) is 5.56 Å². The van der Waals surface area contributed by atoms with E-state index in [2.05, 4.69) is 5.32 Å². The van der Waals surface area contributed by atoms with Crippen molar-refractivity contribution < 1.29 is 9.13 Å². The summed E-state index contributed by atoms with van der Waals surface area (Å²) in [6.45, 7) is 1.10. The molecule has 4 heteroatoms. The molecule has 0 saturated carbocycles. The highest BCUT2D eigenvalue weighted by Crippen LogP contribution is 2.24. The molecule has 0 fully saturated rings. The molecule has 1 aromatic rings. The molecule has 0 saturated heterocycles. The van der Waals surface area contributed by atoms with Crippen molar-refractivity contribution in [2.24, 2.45) is 0 Å². The number of methoxy groups -OCH3 is 1. The van der Waals surface area contributed by atoms with Gasteiger partial charge < -0.3 is 10.1 Å². The van der Waals surface area contributed by atoms with Crippen molar-refractivity contribution in [3.8, 4) is 5.75 Å². The quantitative estimate of drug-likeness (QED) is 0.761. The van der Waals surface area contributed by atoms with Crippen LogP contribution in [0.2, 0.25) is 5.02 Å². The molecule has 1 N–H and O–H groups in total. The van der Waals surface area contributed by atoms with Crippen molar-refractivity contribution in [3.05, 3.63) is 28.8 Å². The maximum absolute atomic E-state index is 11.8. The average molecular weight is 232 g/mol. The molecule has 0 heterocycles. The van der Waals surface area contributed by atoms with Crippen LogP contribution in [0.15, 0.2) is 18.2 Å². The van der Waals surface area contributed by atoms with E-state index in [1.165, 1.54) is 0 Å². The second-order valence-electron chi connectivity index (χ2n) is 3.19. The number of benzene rings is 1. The molecule has 1 aromatic carbocycles. The number of halogens is 2. The lowest BCUT2D eigenvalue weighted by atomic mass is 10.2. The maximum Gasteiger partial charge on any atom is 0.137 e. The predicted molar refractivity (Wildman–Crippen MR) is 60.3 cm³/mol. The Labute approximate surface area is 94.4 Å². The summed E-state index contributed by atoms with van der Waals surface area (Å²) in [6, 6.07) is 5.62. The Bertz CT molecular complexity index is 307. The van der Waals surface area contributed by atoms with Gasteiger partial charge in [-0.15, -0.1) is 0 Å². The average Bonchev–Trinajstić information content (AvgIpc) is 2.25. The molecule has 2 nitrogen and oxygen atoms in total. The van der Waals surface area contributed by atoms with Gasteiger partial charge >= 0.3 is 0 Å². The molecule has 0 spiro atoms. The van der Waals surface area contributed by atoms with Gasteiger partial charge in [-0.05, 0) is 30.7 Å². The Balaban J connectivity index is 2.45. The third kappa shape index (κ3) is 4.06. The van der Waals surface area contributed by atoms with Gasteiger partial charge in [0.1, 0.15) is 5.75 Å². The molecule has 15 heavy (non-hydrogen) atoms. The first-order valence-corrected chi connectivity index (χ1v) is 5.25. The zero-order valence-electron chi connectivity index (χ0n) is 8.72. The van der Waals surface area contributed by atoms with E-state index in [-0.39, 0.29) is 6.67 Å². The molecule has 0 bridgehead atoms. The molecule has 0 aliphatic rings. The standard InChI is InChI=1S/C11H15ClFNO/c1-15-11-4-3-9(7-10(11)12)8-14-6-2-5-13/h3-4,7,14H,2,5-6,8H2,1H3. The summed E-state index contributed by atoms with van der Waals surface area (Å²) < 4.78 is 16.8. The third-order valence-electron chi connectivity index (χ3n) is 2.03. The summed E-state index contributed by atoms with van der Waals surface area (Å²) in [7, 11) is 1.58. The highest BCUT2D eigenvalue weighted by atomic mass is 35.5. The van der Waals surface area contributed by atoms with Crippen LogP contribution in [0, 0.1) is 0 Å². The smallest absolute Gasteiger partial charge is 0.137 e. The molecule has 0 unspecified atom stereocenters. The molecule has 0 aliphatic carbocycles. The highest BCUT2D eigenvalue weighted by Gasteiger charge is 2.01. The predicted octanol–water partition coefficient (Wildman–Crippen LogP) is 2.80. The molecule has 1 rings (SSSR count). The van der Waals surface area contributed by atoms with E-state index in [1.807, 2.05) is 18.2 Å². The molecule has 0 atom stereocenters. The Morgan fingerprint density at radius 3 is 2.87 bits per heavy atom. The van der Waals surface area contributed by atoms with E-state index in [9.17, 15) is 4.39 Å². The van der Waals surface area contributed by atoms with E-state index in [1.54, 1.807) is 7.11 Å². The van der Waals surface area contributed by atoms with Gasteiger partial charge in [0.25, 0.3) is 0 Å². The minimum atomic E-state index is -0.281. The normalized spacial score (nSPS) is 10.3. The van der Waals surface area contributed by atoms with Crippen LogP contribution in [-0.2, 0) is 6.54 Å². The van der Waals surface area contributed by atoms with Crippen LogP contribution in [0.1, 0.15) is 12.0 Å². The molecular formula is C11H15ClFNO. The summed E-state index contributed by atoms with van der Waals surface area (Å²) >= 11 is 5.96. The van der Waals surface area contributed by atoms with Crippen molar-refractivity contribution in [3.63, 3.8) is 0 Å². The Morgan fingerprint density at radius 1 is 1.47 bits per heavy atom. The SMILES string of the molecule is COc1ccc(CNCCCF)cc1Cl. The van der Waals surface area contributed by atoms with Gasteiger partial charge in [0.2, 0.25) is 0 Å². The maximum atomic E-state index is 11.8. The van der Waals surface area contributed by atoms with E-state index in [4.69, 9.17) is 16.3 Å². The second-order valence-corrected chi connectivity index (χ2v) is 3.60. The summed E-state index contributed by atoms with van der Waals surface area (Å²) in [4.78, 5) is 0. The van der Waals surface area contributed by atoms with Gasteiger partial charge in [-0.25, -0.2) is 0 Å². The third-order valence-corrected chi connectivity index (χ3v) is 2.33. The fraction of sp³-hybridized carbons (Fsp3) is 0.455. The van der Waals surface area contributed by atoms with Gasteiger partial charge in [0.15, 0.2) is 0 Å².